The summed E-state index contributed by atoms with van der Waals surface area (Å²) in [7, 11) is -3.14. The summed E-state index contributed by atoms with van der Waals surface area (Å²) in [5.74, 6) is -0.879. The Bertz CT molecular complexity index is 574. The Kier molecular flexibility index (Phi) is 5.64. The first-order valence-corrected chi connectivity index (χ1v) is 8.44. The van der Waals surface area contributed by atoms with Crippen molar-refractivity contribution >= 4 is 31.6 Å². The summed E-state index contributed by atoms with van der Waals surface area (Å²) in [4.78, 5) is 11.8. The van der Waals surface area contributed by atoms with Gasteiger partial charge in [0.15, 0.2) is 5.78 Å². The van der Waals surface area contributed by atoms with Crippen LogP contribution in [0, 0.1) is 5.82 Å². The number of nitrogens with two attached hydrogens (primary N) is 1. The first-order valence-electron chi connectivity index (χ1n) is 5.59. The molecule has 1 aromatic carbocycles. The van der Waals surface area contributed by atoms with E-state index in [9.17, 15) is 17.6 Å². The summed E-state index contributed by atoms with van der Waals surface area (Å²) in [6.07, 6.45) is 1.14. The molecule has 0 aliphatic heterocycles. The van der Waals surface area contributed by atoms with Gasteiger partial charge in [0.2, 0.25) is 0 Å². The fourth-order valence-electron chi connectivity index (χ4n) is 1.50. The lowest BCUT2D eigenvalue weighted by Crippen LogP contribution is -2.33. The molecule has 4 nitrogen and oxygen atoms in total. The van der Waals surface area contributed by atoms with Crippen molar-refractivity contribution in [2.24, 2.45) is 5.73 Å². The normalized spacial score (nSPS) is 13.3. The second-order valence-corrected chi connectivity index (χ2v) is 7.52. The van der Waals surface area contributed by atoms with Gasteiger partial charge in [-0.1, -0.05) is 15.9 Å². The van der Waals surface area contributed by atoms with Gasteiger partial charge >= 0.3 is 0 Å². The average Bonchev–Trinajstić information content (AvgIpc) is 2.29. The summed E-state index contributed by atoms with van der Waals surface area (Å²) >= 11 is 3.22. The van der Waals surface area contributed by atoms with E-state index in [1.54, 1.807) is 0 Å². The van der Waals surface area contributed by atoms with Crippen molar-refractivity contribution in [2.75, 3.05) is 12.0 Å². The number of rotatable bonds is 6. The maximum absolute atomic E-state index is 13.1. The minimum Gasteiger partial charge on any atom is -0.321 e. The molecule has 0 spiro atoms. The molecule has 0 saturated carbocycles. The molecule has 0 fully saturated rings. The summed E-state index contributed by atoms with van der Waals surface area (Å²) < 4.78 is 35.7. The van der Waals surface area contributed by atoms with Crippen molar-refractivity contribution in [3.63, 3.8) is 0 Å². The van der Waals surface area contributed by atoms with Crippen LogP contribution in [0.2, 0.25) is 0 Å². The molecule has 0 amide bonds. The van der Waals surface area contributed by atoms with Gasteiger partial charge in [0.25, 0.3) is 0 Å². The Morgan fingerprint density at radius 2 is 2.11 bits per heavy atom. The van der Waals surface area contributed by atoms with E-state index in [2.05, 4.69) is 15.9 Å². The third-order valence-electron chi connectivity index (χ3n) is 2.59. The molecular weight excluding hydrogens is 337 g/mol. The van der Waals surface area contributed by atoms with Gasteiger partial charge in [-0.3, -0.25) is 4.79 Å². The Labute approximate surface area is 120 Å². The zero-order valence-corrected chi connectivity index (χ0v) is 12.8. The molecule has 2 N–H and O–H groups in total. The molecule has 0 heterocycles. The van der Waals surface area contributed by atoms with Crippen molar-refractivity contribution in [1.29, 1.82) is 0 Å². The van der Waals surface area contributed by atoms with E-state index >= 15 is 0 Å². The highest BCUT2D eigenvalue weighted by Crippen LogP contribution is 2.19. The van der Waals surface area contributed by atoms with Crippen molar-refractivity contribution in [3.8, 4) is 0 Å². The number of carbonyl (C=O) groups is 1. The minimum absolute atomic E-state index is 0.0245. The predicted molar refractivity (Wildman–Crippen MR) is 75.1 cm³/mol. The van der Waals surface area contributed by atoms with Crippen LogP contribution in [0.1, 0.15) is 12.0 Å². The number of carbonyl (C=O) groups excluding carboxylic acids is 1. The quantitative estimate of drug-likeness (QED) is 0.841. The van der Waals surface area contributed by atoms with Gasteiger partial charge in [-0.15, -0.1) is 0 Å². The van der Waals surface area contributed by atoms with Crippen molar-refractivity contribution < 1.29 is 17.6 Å². The van der Waals surface area contributed by atoms with E-state index in [1.807, 2.05) is 0 Å². The summed E-state index contributed by atoms with van der Waals surface area (Å²) in [5.41, 5.74) is 6.14. The Morgan fingerprint density at radius 3 is 2.68 bits per heavy atom. The monoisotopic (exact) mass is 351 g/mol. The van der Waals surface area contributed by atoms with Crippen molar-refractivity contribution in [3.05, 3.63) is 34.1 Å². The SMILES string of the molecule is CS(=O)(=O)CCC(N)C(=O)Cc1cc(F)ccc1Br. The highest BCUT2D eigenvalue weighted by atomic mass is 79.9. The molecule has 1 unspecified atom stereocenters. The first kappa shape index (κ1) is 16.3. The van der Waals surface area contributed by atoms with Crippen LogP contribution < -0.4 is 5.73 Å². The van der Waals surface area contributed by atoms with Crippen LogP contribution in [-0.2, 0) is 21.1 Å². The molecule has 106 valence electrons. The molecule has 0 saturated heterocycles. The number of hydrogen-bond donors (Lipinski definition) is 1. The van der Waals surface area contributed by atoms with Gasteiger partial charge in [0.05, 0.1) is 11.8 Å². The van der Waals surface area contributed by atoms with E-state index < -0.39 is 21.7 Å². The van der Waals surface area contributed by atoms with Crippen LogP contribution in [0.5, 0.6) is 0 Å². The van der Waals surface area contributed by atoms with E-state index in [-0.39, 0.29) is 24.4 Å². The molecule has 1 atom stereocenters. The number of benzene rings is 1. The van der Waals surface area contributed by atoms with Crippen molar-refractivity contribution in [2.45, 2.75) is 18.9 Å². The Balaban J connectivity index is 2.66. The van der Waals surface area contributed by atoms with Crippen LogP contribution in [0.3, 0.4) is 0 Å². The zero-order valence-electron chi connectivity index (χ0n) is 10.4. The van der Waals surface area contributed by atoms with E-state index in [1.165, 1.54) is 18.2 Å². The molecule has 0 aliphatic carbocycles. The van der Waals surface area contributed by atoms with Crippen molar-refractivity contribution in [1.82, 2.24) is 0 Å². The number of ketones is 1. The van der Waals surface area contributed by atoms with Gasteiger partial charge in [-0.25, -0.2) is 12.8 Å². The number of Topliss-reactive ketones (excluding diaryl/α,β-unsaturated/α-hetero) is 1. The summed E-state index contributed by atoms with van der Waals surface area (Å²) in [5, 5.41) is 0. The molecule has 0 bridgehead atoms. The first-order chi connectivity index (χ1) is 8.69. The highest BCUT2D eigenvalue weighted by molar-refractivity contribution is 9.10. The zero-order chi connectivity index (χ0) is 14.6. The maximum Gasteiger partial charge on any atom is 0.153 e. The van der Waals surface area contributed by atoms with Gasteiger partial charge in [-0.2, -0.15) is 0 Å². The number of hydrogen-bond acceptors (Lipinski definition) is 4. The smallest absolute Gasteiger partial charge is 0.153 e. The highest BCUT2D eigenvalue weighted by Gasteiger charge is 2.17. The number of sulfone groups is 1. The molecule has 0 radical (unpaired) electrons. The Hall–Kier alpha value is -0.790. The second-order valence-electron chi connectivity index (χ2n) is 4.40. The number of halogens is 2. The maximum atomic E-state index is 13.1. The third kappa shape index (κ3) is 5.80. The van der Waals surface area contributed by atoms with E-state index in [4.69, 9.17) is 5.73 Å². The fourth-order valence-corrected chi connectivity index (χ4v) is 2.57. The second kappa shape index (κ2) is 6.58. The lowest BCUT2D eigenvalue weighted by molar-refractivity contribution is -0.119. The molecule has 1 rings (SSSR count). The van der Waals surface area contributed by atoms with Crippen LogP contribution >= 0.6 is 15.9 Å². The standard InChI is InChI=1S/C12H15BrFNO3S/c1-19(17,18)5-4-11(15)12(16)7-8-6-9(14)2-3-10(8)13/h2-3,6,11H,4-5,7,15H2,1H3. The van der Waals surface area contributed by atoms with Crippen LogP contribution in [-0.4, -0.2) is 32.3 Å². The van der Waals surface area contributed by atoms with Crippen LogP contribution in [0.4, 0.5) is 4.39 Å². The third-order valence-corrected chi connectivity index (χ3v) is 4.34. The average molecular weight is 352 g/mol. The van der Waals surface area contributed by atoms with Gasteiger partial charge in [-0.05, 0) is 30.2 Å². The largest absolute Gasteiger partial charge is 0.321 e. The molecule has 19 heavy (non-hydrogen) atoms. The Morgan fingerprint density at radius 1 is 1.47 bits per heavy atom. The summed E-state index contributed by atoms with van der Waals surface area (Å²) in [6.45, 7) is 0. The lowest BCUT2D eigenvalue weighted by atomic mass is 10.0. The van der Waals surface area contributed by atoms with Crippen LogP contribution in [0.25, 0.3) is 0 Å². The molecule has 0 aromatic heterocycles. The molecular formula is C12H15BrFNO3S. The molecule has 1 aromatic rings. The molecule has 0 aliphatic rings. The fraction of sp³-hybridized carbons (Fsp3) is 0.417. The van der Waals surface area contributed by atoms with Gasteiger partial charge < -0.3 is 5.73 Å². The van der Waals surface area contributed by atoms with E-state index in [0.717, 1.165) is 6.26 Å². The lowest BCUT2D eigenvalue weighted by Gasteiger charge is -2.11. The van der Waals surface area contributed by atoms with Crippen LogP contribution in [0.15, 0.2) is 22.7 Å². The molecule has 7 heteroatoms. The minimum atomic E-state index is -3.14. The predicted octanol–water partition coefficient (Wildman–Crippen LogP) is 1.46. The topological polar surface area (TPSA) is 77.2 Å². The van der Waals surface area contributed by atoms with E-state index in [0.29, 0.717) is 10.0 Å². The summed E-state index contributed by atoms with van der Waals surface area (Å²) in [6, 6.07) is 3.19. The van der Waals surface area contributed by atoms with Gasteiger partial charge in [0.1, 0.15) is 15.7 Å². The van der Waals surface area contributed by atoms with Gasteiger partial charge in [0, 0.05) is 17.1 Å².